The van der Waals surface area contributed by atoms with E-state index in [0.29, 0.717) is 10.7 Å². The van der Waals surface area contributed by atoms with Gasteiger partial charge in [0.1, 0.15) is 0 Å². The molecule has 13 heteroatoms. The van der Waals surface area contributed by atoms with Crippen molar-refractivity contribution < 1.29 is 45.0 Å². The summed E-state index contributed by atoms with van der Waals surface area (Å²) >= 11 is 5.72. The number of rotatable bonds is 15. The highest BCUT2D eigenvalue weighted by molar-refractivity contribution is 14.1. The van der Waals surface area contributed by atoms with Crippen LogP contribution in [-0.2, 0) is 4.79 Å². The molecule has 6 N–H and O–H groups in total. The van der Waals surface area contributed by atoms with Crippen molar-refractivity contribution in [2.24, 2.45) is 0 Å². The third-order valence-corrected chi connectivity index (χ3v) is 8.37. The maximum absolute atomic E-state index is 13.2. The quantitative estimate of drug-likeness (QED) is 0.112. The third kappa shape index (κ3) is 9.35. The van der Waals surface area contributed by atoms with Gasteiger partial charge in [-0.15, -0.1) is 0 Å². The number of amides is 1. The van der Waals surface area contributed by atoms with E-state index in [-0.39, 0.29) is 62.1 Å². The van der Waals surface area contributed by atoms with Gasteiger partial charge in [0.2, 0.25) is 5.91 Å². The average Bonchev–Trinajstić information content (AvgIpc) is 2.80. The first-order valence-electron chi connectivity index (χ1n) is 10.8. The Labute approximate surface area is 244 Å². The van der Waals surface area contributed by atoms with Crippen LogP contribution in [0.1, 0.15) is 59.7 Å². The molecule has 3 atom stereocenters. The number of benzene rings is 1. The molecule has 10 nitrogen and oxygen atoms in total. The fraction of sp³-hybridized carbons (Fsp3) is 0.591. The van der Waals surface area contributed by atoms with E-state index >= 15 is 0 Å². The topological polar surface area (TPSA) is 176 Å². The van der Waals surface area contributed by atoms with E-state index in [4.69, 9.17) is 15.3 Å². The van der Waals surface area contributed by atoms with E-state index in [0.717, 1.165) is 0 Å². The first-order valence-corrected chi connectivity index (χ1v) is 14.1. The second-order valence-electron chi connectivity index (χ2n) is 7.93. The van der Waals surface area contributed by atoms with Crippen LogP contribution >= 0.6 is 67.8 Å². The molecule has 3 unspecified atom stereocenters. The number of halogens is 3. The third-order valence-electron chi connectivity index (χ3n) is 5.19. The molecule has 0 saturated carbocycles. The number of Topliss-reactive ketones (excluding diaryl/α,β-unsaturated/α-hetero) is 2. The van der Waals surface area contributed by atoms with Gasteiger partial charge in [0.15, 0.2) is 11.6 Å². The van der Waals surface area contributed by atoms with Crippen molar-refractivity contribution in [3.8, 4) is 0 Å². The summed E-state index contributed by atoms with van der Waals surface area (Å²) in [6, 6.07) is 0. The molecule has 1 amide bonds. The van der Waals surface area contributed by atoms with E-state index in [1.807, 2.05) is 67.8 Å². The molecule has 0 aromatic heterocycles. The van der Waals surface area contributed by atoms with Crippen LogP contribution in [0.5, 0.6) is 0 Å². The van der Waals surface area contributed by atoms with Gasteiger partial charge in [-0.05, 0) is 87.0 Å². The van der Waals surface area contributed by atoms with E-state index < -0.39 is 49.0 Å². The Morgan fingerprint density at radius 3 is 1.51 bits per heavy atom. The standard InChI is InChI=1S/C22H30I3NO9/c1-11(30)26(8-12(31)6-7-27)22-20(24)17(15(34)4-2-13(32)9-28)19(23)18(21(22)25)16(35)5-3-14(33)10-29/h12-14,27-29,31-33H,2-10H2,1H3. The van der Waals surface area contributed by atoms with E-state index in [9.17, 15) is 29.7 Å². The molecule has 0 radical (unpaired) electrons. The molecular weight excluding hydrogens is 803 g/mol. The van der Waals surface area contributed by atoms with Gasteiger partial charge in [0, 0.05) is 48.2 Å². The Hall–Kier alpha value is -0.0200. The smallest absolute Gasteiger partial charge is 0.224 e. The summed E-state index contributed by atoms with van der Waals surface area (Å²) in [5.74, 6) is -1.23. The van der Waals surface area contributed by atoms with Crippen molar-refractivity contribution in [2.45, 2.75) is 57.3 Å². The van der Waals surface area contributed by atoms with E-state index in [2.05, 4.69) is 0 Å². The van der Waals surface area contributed by atoms with Crippen LogP contribution in [-0.4, -0.2) is 92.8 Å². The summed E-state index contributed by atoms with van der Waals surface area (Å²) < 4.78 is 1.13. The summed E-state index contributed by atoms with van der Waals surface area (Å²) in [6.45, 7) is -0.180. The van der Waals surface area contributed by atoms with Gasteiger partial charge in [-0.2, -0.15) is 0 Å². The predicted octanol–water partition coefficient (Wildman–Crippen LogP) is 1.23. The highest BCUT2D eigenvalue weighted by Gasteiger charge is 2.31. The molecule has 0 heterocycles. The monoisotopic (exact) mass is 833 g/mol. The largest absolute Gasteiger partial charge is 0.396 e. The second kappa shape index (κ2) is 16.1. The van der Waals surface area contributed by atoms with Crippen LogP contribution in [0.2, 0.25) is 0 Å². The molecule has 198 valence electrons. The fourth-order valence-corrected chi connectivity index (χ4v) is 8.19. The second-order valence-corrected chi connectivity index (χ2v) is 11.2. The van der Waals surface area contributed by atoms with Gasteiger partial charge >= 0.3 is 0 Å². The summed E-state index contributed by atoms with van der Waals surface area (Å²) in [7, 11) is 0. The maximum Gasteiger partial charge on any atom is 0.224 e. The molecule has 0 aliphatic carbocycles. The Morgan fingerprint density at radius 2 is 1.17 bits per heavy atom. The first kappa shape index (κ1) is 33.0. The number of anilines is 1. The molecule has 0 fully saturated rings. The first-order chi connectivity index (χ1) is 16.4. The number of ketones is 2. The van der Waals surface area contributed by atoms with Crippen molar-refractivity contribution in [3.63, 3.8) is 0 Å². The van der Waals surface area contributed by atoms with Crippen LogP contribution in [0, 0.1) is 10.7 Å². The SMILES string of the molecule is CC(=O)N(CC(O)CCO)c1c(I)c(C(=O)CCC(O)CO)c(I)c(C(=O)CCC(O)CO)c1I. The number of aliphatic hydroxyl groups is 6. The lowest BCUT2D eigenvalue weighted by Crippen LogP contribution is -2.38. The fourth-order valence-electron chi connectivity index (χ4n) is 3.23. The molecule has 0 bridgehead atoms. The predicted molar refractivity (Wildman–Crippen MR) is 154 cm³/mol. The van der Waals surface area contributed by atoms with Crippen LogP contribution in [0.15, 0.2) is 0 Å². The van der Waals surface area contributed by atoms with E-state index in [1.54, 1.807) is 0 Å². The summed E-state index contributed by atoms with van der Waals surface area (Å²) in [4.78, 5) is 40.3. The van der Waals surface area contributed by atoms with Crippen LogP contribution in [0.25, 0.3) is 0 Å². The Morgan fingerprint density at radius 1 is 0.743 bits per heavy atom. The zero-order chi connectivity index (χ0) is 26.9. The van der Waals surface area contributed by atoms with Gasteiger partial charge in [-0.3, -0.25) is 14.4 Å². The van der Waals surface area contributed by atoms with Crippen molar-refractivity contribution in [3.05, 3.63) is 21.8 Å². The zero-order valence-corrected chi connectivity index (χ0v) is 25.6. The van der Waals surface area contributed by atoms with Crippen molar-refractivity contribution in [1.29, 1.82) is 0 Å². The molecule has 0 aliphatic rings. The zero-order valence-electron chi connectivity index (χ0n) is 19.1. The number of hydrogen-bond donors (Lipinski definition) is 6. The molecule has 0 aliphatic heterocycles. The number of carbonyl (C=O) groups excluding carboxylic acids is 3. The Balaban J connectivity index is 3.72. The van der Waals surface area contributed by atoms with Crippen molar-refractivity contribution in [2.75, 3.05) is 31.3 Å². The van der Waals surface area contributed by atoms with Crippen molar-refractivity contribution in [1.82, 2.24) is 0 Å². The highest BCUT2D eigenvalue weighted by Crippen LogP contribution is 2.39. The average molecular weight is 833 g/mol. The molecule has 0 spiro atoms. The van der Waals surface area contributed by atoms with Gasteiger partial charge < -0.3 is 35.5 Å². The van der Waals surface area contributed by atoms with Gasteiger partial charge in [0.05, 0.1) is 43.8 Å². The van der Waals surface area contributed by atoms with Crippen LogP contribution in [0.3, 0.4) is 0 Å². The highest BCUT2D eigenvalue weighted by atomic mass is 127. The van der Waals surface area contributed by atoms with Gasteiger partial charge in [0.25, 0.3) is 0 Å². The van der Waals surface area contributed by atoms with E-state index in [1.165, 1.54) is 11.8 Å². The molecule has 35 heavy (non-hydrogen) atoms. The number of nitrogens with zero attached hydrogens (tertiary/aromatic N) is 1. The molecule has 1 aromatic rings. The Kier molecular flexibility index (Phi) is 15.1. The number of carbonyl (C=O) groups is 3. The minimum Gasteiger partial charge on any atom is -0.396 e. The molecule has 0 saturated heterocycles. The molecule has 1 aromatic carbocycles. The lowest BCUT2D eigenvalue weighted by Gasteiger charge is -2.29. The van der Waals surface area contributed by atoms with Crippen molar-refractivity contribution >= 4 is 90.9 Å². The van der Waals surface area contributed by atoms with Gasteiger partial charge in [-0.1, -0.05) is 0 Å². The maximum atomic E-state index is 13.2. The van der Waals surface area contributed by atoms with Gasteiger partial charge in [-0.25, -0.2) is 0 Å². The lowest BCUT2D eigenvalue weighted by atomic mass is 9.97. The normalized spacial score (nSPS) is 13.9. The lowest BCUT2D eigenvalue weighted by molar-refractivity contribution is -0.117. The summed E-state index contributed by atoms with van der Waals surface area (Å²) in [5.41, 5.74) is 0.634. The number of hydrogen-bond acceptors (Lipinski definition) is 9. The molecular formula is C22H30I3NO9. The minimum absolute atomic E-state index is 0.000419. The summed E-state index contributed by atoms with van der Waals surface area (Å²) in [6.07, 6.45) is -3.41. The number of aliphatic hydroxyl groups excluding tert-OH is 6. The summed E-state index contributed by atoms with van der Waals surface area (Å²) in [5, 5.41) is 56.9. The van der Waals surface area contributed by atoms with Crippen LogP contribution in [0.4, 0.5) is 5.69 Å². The Bertz CT molecular complexity index is 860. The molecule has 1 rings (SSSR count). The minimum atomic E-state index is -1.08. The van der Waals surface area contributed by atoms with Crippen LogP contribution < -0.4 is 4.90 Å².